The molecule has 16 heteroatoms. The topological polar surface area (TPSA) is 48.8 Å². The van der Waals surface area contributed by atoms with Crippen molar-refractivity contribution in [3.05, 3.63) is 45.8 Å². The first-order valence-corrected chi connectivity index (χ1v) is 3.90. The van der Waals surface area contributed by atoms with Gasteiger partial charge in [-0.1, -0.05) is 11.2 Å². The minimum absolute atomic E-state index is 0. The molecule has 0 aliphatic rings. The van der Waals surface area contributed by atoms with Gasteiger partial charge in [-0.2, -0.15) is 0 Å². The van der Waals surface area contributed by atoms with Gasteiger partial charge in [0.15, 0.2) is 0 Å². The lowest BCUT2D eigenvalue weighted by Gasteiger charge is -1.96. The number of nitrogens with zero attached hydrogens (tertiary/aromatic N) is 3. The quantitative estimate of drug-likeness (QED) is 0.227. The second kappa shape index (κ2) is 42.7. The van der Waals surface area contributed by atoms with Crippen LogP contribution in [-0.4, -0.2) is 0 Å². The summed E-state index contributed by atoms with van der Waals surface area (Å²) < 4.78 is 105. The van der Waals surface area contributed by atoms with Crippen LogP contribution in [0.15, 0.2) is 23.3 Å². The number of benzene rings is 1. The van der Waals surface area contributed by atoms with Crippen LogP contribution in [0.2, 0.25) is 0 Å². The van der Waals surface area contributed by atoms with Crippen LogP contribution in [0.3, 0.4) is 0 Å². The molecule has 0 fully saturated rings. The zero-order chi connectivity index (χ0) is 19.0. The van der Waals surface area contributed by atoms with Gasteiger partial charge >= 0.3 is 0 Å². The van der Waals surface area contributed by atoms with E-state index in [-0.39, 0.29) is 16.8 Å². The lowest BCUT2D eigenvalue weighted by molar-refractivity contribution is 0.108. The Bertz CT molecular complexity index is 346. The van der Waals surface area contributed by atoms with E-state index in [0.717, 1.165) is 12.1 Å². The Morgan fingerprint density at radius 3 is 1.52 bits per heavy atom. The molecule has 0 aliphatic carbocycles. The summed E-state index contributed by atoms with van der Waals surface area (Å²) in [6.45, 7) is -0.0946. The highest BCUT2D eigenvalue weighted by molar-refractivity contribution is 5.18. The van der Waals surface area contributed by atoms with Gasteiger partial charge in [0.25, 0.3) is 0 Å². The Labute approximate surface area is 118 Å². The van der Waals surface area contributed by atoms with Gasteiger partial charge in [-0.3, -0.25) is 4.70 Å². The maximum absolute atomic E-state index is 12.8. The summed E-state index contributed by atoms with van der Waals surface area (Å²) in [4.78, 5) is 2.46. The molecular formula is C7H6F13N3. The number of halogens is 13. The zero-order valence-electron chi connectivity index (χ0n) is 10.2. The molecule has 3 nitrogen and oxygen atoms in total. The minimum atomic E-state index is -0.692. The van der Waals surface area contributed by atoms with Crippen LogP contribution in [0.1, 0.15) is 5.56 Å². The van der Waals surface area contributed by atoms with Gasteiger partial charge in [-0.25, -0.2) is 8.78 Å². The van der Waals surface area contributed by atoms with Crippen LogP contribution in [0, 0.1) is 11.6 Å². The van der Waals surface area contributed by atoms with Gasteiger partial charge in [0.05, 0.1) is 6.54 Å². The van der Waals surface area contributed by atoms with Crippen molar-refractivity contribution in [3.8, 4) is 0 Å². The molecule has 0 aliphatic heterocycles. The maximum Gasteiger partial charge on any atom is 0.129 e. The SMILES string of the molecule is F.FF.FF.FF.FF.FF.[N-]=[N+]=NCc1ccc(F)cc1F. The summed E-state index contributed by atoms with van der Waals surface area (Å²) in [6, 6.07) is 3.12. The third kappa shape index (κ3) is 28.5. The van der Waals surface area contributed by atoms with Crippen molar-refractivity contribution in [3.63, 3.8) is 0 Å². The third-order valence-electron chi connectivity index (χ3n) is 1.32. The number of azide groups is 1. The van der Waals surface area contributed by atoms with E-state index >= 15 is 0 Å². The van der Waals surface area contributed by atoms with Gasteiger partial charge < -0.3 is 0 Å². The van der Waals surface area contributed by atoms with E-state index in [4.69, 9.17) is 51.3 Å². The average molecular weight is 379 g/mol. The van der Waals surface area contributed by atoms with Crippen molar-refractivity contribution >= 4 is 0 Å². The van der Waals surface area contributed by atoms with E-state index < -0.39 is 11.6 Å². The van der Waals surface area contributed by atoms with Gasteiger partial charge in [0.2, 0.25) is 0 Å². The van der Waals surface area contributed by atoms with E-state index in [0.29, 0.717) is 0 Å². The summed E-state index contributed by atoms with van der Waals surface area (Å²) >= 11 is 0. The number of hydrogen-bond acceptors (Lipinski definition) is 1. The van der Waals surface area contributed by atoms with Crippen LogP contribution >= 0.6 is 0 Å². The molecule has 0 unspecified atom stereocenters. The summed E-state index contributed by atoms with van der Waals surface area (Å²) in [5, 5.41) is 3.15. The van der Waals surface area contributed by atoms with Crippen LogP contribution < -0.4 is 0 Å². The Morgan fingerprint density at radius 2 is 1.22 bits per heavy atom. The first kappa shape index (κ1) is 37.1. The zero-order valence-corrected chi connectivity index (χ0v) is 10.2. The summed E-state index contributed by atoms with van der Waals surface area (Å²) in [6.07, 6.45) is 0. The second-order valence-corrected chi connectivity index (χ2v) is 2.12. The van der Waals surface area contributed by atoms with E-state index in [2.05, 4.69) is 10.0 Å². The van der Waals surface area contributed by atoms with Crippen LogP contribution in [0.25, 0.3) is 10.4 Å². The summed E-state index contributed by atoms with van der Waals surface area (Å²) in [7, 11) is 0. The monoisotopic (exact) mass is 379 g/mol. The lowest BCUT2D eigenvalue weighted by atomic mass is 10.2. The fraction of sp³-hybridized carbons (Fsp3) is 0.143. The first-order valence-electron chi connectivity index (χ1n) is 3.90. The van der Waals surface area contributed by atoms with Crippen molar-refractivity contribution in [1.82, 2.24) is 0 Å². The molecule has 1 aromatic carbocycles. The van der Waals surface area contributed by atoms with Crippen molar-refractivity contribution in [2.75, 3.05) is 0 Å². The normalized spacial score (nSPS) is 6.09. The van der Waals surface area contributed by atoms with Crippen molar-refractivity contribution < 1.29 is 59.2 Å². The van der Waals surface area contributed by atoms with Crippen molar-refractivity contribution in [1.29, 1.82) is 0 Å². The molecule has 0 aromatic heterocycles. The maximum atomic E-state index is 12.8. The highest BCUT2D eigenvalue weighted by Gasteiger charge is 2.01. The predicted molar refractivity (Wildman–Crippen MR) is 52.8 cm³/mol. The van der Waals surface area contributed by atoms with Crippen LogP contribution in [0.4, 0.5) is 59.2 Å². The van der Waals surface area contributed by atoms with E-state index in [9.17, 15) is 8.78 Å². The van der Waals surface area contributed by atoms with E-state index in [1.165, 1.54) is 6.07 Å². The third-order valence-corrected chi connectivity index (χ3v) is 1.32. The van der Waals surface area contributed by atoms with E-state index in [1.54, 1.807) is 0 Å². The lowest BCUT2D eigenvalue weighted by Crippen LogP contribution is -1.88. The van der Waals surface area contributed by atoms with Crippen molar-refractivity contribution in [2.24, 2.45) is 5.11 Å². The van der Waals surface area contributed by atoms with Gasteiger partial charge in [0.1, 0.15) is 11.6 Å². The standard InChI is InChI=1S/C7H5F2N3.5F2.FH/c8-6-2-1-5(4-11-12-10)7(9)3-6;5*1-2;/h1-3H,4H2;;;;;;1H. The van der Waals surface area contributed by atoms with Gasteiger partial charge in [-0.05, 0) is 17.2 Å². The molecule has 0 saturated carbocycles. The van der Waals surface area contributed by atoms with Crippen LogP contribution in [-0.2, 0) is 6.54 Å². The predicted octanol–water partition coefficient (Wildman–Crippen LogP) is 7.13. The fourth-order valence-electron chi connectivity index (χ4n) is 0.758. The number of rotatable bonds is 2. The van der Waals surface area contributed by atoms with Gasteiger partial charge in [-0.15, -0.1) is 0 Å². The molecule has 0 bridgehead atoms. The Morgan fingerprint density at radius 1 is 0.826 bits per heavy atom. The molecule has 0 amide bonds. The average Bonchev–Trinajstić information content (AvgIpc) is 2.63. The molecular weight excluding hydrogens is 373 g/mol. The Balaban J connectivity index is -0.0000000565. The smallest absolute Gasteiger partial charge is 0.129 e. The Hall–Kier alpha value is -2.38. The number of hydrogen-bond donors (Lipinski definition) is 0. The van der Waals surface area contributed by atoms with Crippen LogP contribution in [0.5, 0.6) is 0 Å². The fourth-order valence-corrected chi connectivity index (χ4v) is 0.758. The molecule has 0 radical (unpaired) electrons. The molecule has 23 heavy (non-hydrogen) atoms. The molecule has 0 spiro atoms. The molecule has 0 atom stereocenters. The minimum Gasteiger partial charge on any atom is -0.269 e. The Kier molecular flexibility index (Phi) is 69.0. The highest BCUT2D eigenvalue weighted by atomic mass is 20.0. The molecule has 1 rings (SSSR count). The largest absolute Gasteiger partial charge is 0.269 e. The summed E-state index contributed by atoms with van der Waals surface area (Å²) in [5.74, 6) is -1.33. The second-order valence-electron chi connectivity index (χ2n) is 2.12. The molecule has 0 saturated heterocycles. The highest BCUT2D eigenvalue weighted by Crippen LogP contribution is 2.10. The molecule has 1 aromatic rings. The first-order chi connectivity index (χ1) is 10.7. The molecule has 140 valence electrons. The van der Waals surface area contributed by atoms with Crippen molar-refractivity contribution in [2.45, 2.75) is 6.54 Å². The van der Waals surface area contributed by atoms with E-state index in [1.807, 2.05) is 0 Å². The molecule has 0 heterocycles. The van der Waals surface area contributed by atoms with Gasteiger partial charge in [0, 0.05) is 56.7 Å². The summed E-state index contributed by atoms with van der Waals surface area (Å²) in [5.41, 5.74) is 8.12. The molecule has 0 N–H and O–H groups in total.